The number of imidazole rings is 1. The van der Waals surface area contributed by atoms with Gasteiger partial charge in [0.25, 0.3) is 0 Å². The van der Waals surface area contributed by atoms with Crippen molar-refractivity contribution in [1.29, 1.82) is 0 Å². The molecule has 0 fully saturated rings. The summed E-state index contributed by atoms with van der Waals surface area (Å²) < 4.78 is 34.9. The second kappa shape index (κ2) is 5.55. The highest BCUT2D eigenvalue weighted by Crippen LogP contribution is 2.27. The molecule has 0 amide bonds. The summed E-state index contributed by atoms with van der Waals surface area (Å²) in [5.41, 5.74) is 5.91. The van der Waals surface area contributed by atoms with Gasteiger partial charge in [0.15, 0.2) is 5.69 Å². The molecule has 20 heavy (non-hydrogen) atoms. The smallest absolute Gasteiger partial charge is 0.387 e. The van der Waals surface area contributed by atoms with Crippen molar-refractivity contribution < 1.29 is 23.0 Å². The van der Waals surface area contributed by atoms with Crippen LogP contribution in [0.3, 0.4) is 0 Å². The number of methoxy groups -OCH3 is 1. The molecule has 0 spiro atoms. The first kappa shape index (κ1) is 13.8. The molecule has 0 aliphatic heterocycles. The van der Waals surface area contributed by atoms with E-state index in [9.17, 15) is 13.6 Å². The van der Waals surface area contributed by atoms with Gasteiger partial charge in [0.1, 0.15) is 17.9 Å². The Balaban J connectivity index is 2.47. The second-order valence-electron chi connectivity index (χ2n) is 3.69. The average molecular weight is 283 g/mol. The molecular formula is C12H11F2N3O3. The van der Waals surface area contributed by atoms with Crippen molar-refractivity contribution >= 4 is 11.8 Å². The van der Waals surface area contributed by atoms with Crippen molar-refractivity contribution in [3.63, 3.8) is 0 Å². The van der Waals surface area contributed by atoms with Gasteiger partial charge in [0, 0.05) is 0 Å². The Bertz CT molecular complexity index is 628. The Morgan fingerprint density at radius 3 is 2.75 bits per heavy atom. The highest BCUT2D eigenvalue weighted by molar-refractivity contribution is 5.92. The van der Waals surface area contributed by atoms with E-state index < -0.39 is 12.6 Å². The number of esters is 1. The largest absolute Gasteiger partial charge is 0.464 e. The molecule has 0 aliphatic rings. The molecular weight excluding hydrogens is 272 g/mol. The lowest BCUT2D eigenvalue weighted by atomic mass is 10.3. The average Bonchev–Trinajstić information content (AvgIpc) is 2.80. The summed E-state index contributed by atoms with van der Waals surface area (Å²) in [6.07, 6.45) is 1.23. The molecule has 0 saturated heterocycles. The number of nitrogens with zero attached hydrogens (tertiary/aromatic N) is 2. The molecule has 106 valence electrons. The van der Waals surface area contributed by atoms with Crippen LogP contribution in [0.4, 0.5) is 14.6 Å². The molecule has 1 aromatic carbocycles. The van der Waals surface area contributed by atoms with Crippen LogP contribution in [0.5, 0.6) is 5.75 Å². The van der Waals surface area contributed by atoms with Crippen LogP contribution >= 0.6 is 0 Å². The van der Waals surface area contributed by atoms with Crippen molar-refractivity contribution in [3.8, 4) is 11.4 Å². The van der Waals surface area contributed by atoms with E-state index in [2.05, 4.69) is 14.5 Å². The minimum absolute atomic E-state index is 0.0258. The Kier molecular flexibility index (Phi) is 3.83. The normalized spacial score (nSPS) is 10.6. The van der Waals surface area contributed by atoms with Crippen LogP contribution in [-0.2, 0) is 4.74 Å². The van der Waals surface area contributed by atoms with Crippen molar-refractivity contribution in [2.45, 2.75) is 6.61 Å². The first-order valence-electron chi connectivity index (χ1n) is 5.50. The van der Waals surface area contributed by atoms with Crippen LogP contribution in [0.15, 0.2) is 30.6 Å². The van der Waals surface area contributed by atoms with Gasteiger partial charge in [-0.3, -0.25) is 4.57 Å². The number of aromatic nitrogens is 2. The predicted molar refractivity (Wildman–Crippen MR) is 65.9 cm³/mol. The lowest BCUT2D eigenvalue weighted by Crippen LogP contribution is -2.09. The zero-order valence-electron chi connectivity index (χ0n) is 10.4. The third-order valence-corrected chi connectivity index (χ3v) is 2.52. The highest BCUT2D eigenvalue weighted by Gasteiger charge is 2.19. The van der Waals surface area contributed by atoms with Crippen molar-refractivity contribution in [3.05, 3.63) is 36.3 Å². The molecule has 0 bridgehead atoms. The van der Waals surface area contributed by atoms with Crippen LogP contribution < -0.4 is 10.5 Å². The Morgan fingerprint density at radius 1 is 1.40 bits per heavy atom. The van der Waals surface area contributed by atoms with Crippen LogP contribution in [0.1, 0.15) is 10.5 Å². The van der Waals surface area contributed by atoms with Crippen molar-refractivity contribution in [2.75, 3.05) is 12.8 Å². The number of para-hydroxylation sites is 2. The maximum Gasteiger partial charge on any atom is 0.387 e. The van der Waals surface area contributed by atoms with Gasteiger partial charge in [-0.1, -0.05) is 12.1 Å². The van der Waals surface area contributed by atoms with Gasteiger partial charge in [-0.25, -0.2) is 9.78 Å². The van der Waals surface area contributed by atoms with Crippen molar-refractivity contribution in [1.82, 2.24) is 9.55 Å². The van der Waals surface area contributed by atoms with Gasteiger partial charge >= 0.3 is 12.6 Å². The molecule has 2 N–H and O–H groups in total. The van der Waals surface area contributed by atoms with E-state index in [0.29, 0.717) is 0 Å². The number of halogens is 2. The number of carbonyl (C=O) groups is 1. The predicted octanol–water partition coefficient (Wildman–Crippen LogP) is 1.84. The number of rotatable bonds is 4. The lowest BCUT2D eigenvalue weighted by Gasteiger charge is -2.12. The van der Waals surface area contributed by atoms with Gasteiger partial charge in [-0.05, 0) is 12.1 Å². The number of carbonyl (C=O) groups excluding carboxylic acids is 1. The number of alkyl halides is 2. The fraction of sp³-hybridized carbons (Fsp3) is 0.167. The molecule has 0 saturated carbocycles. The number of hydrogen-bond acceptors (Lipinski definition) is 5. The van der Waals surface area contributed by atoms with Gasteiger partial charge < -0.3 is 15.2 Å². The number of ether oxygens (including phenoxy) is 2. The first-order chi connectivity index (χ1) is 9.54. The fourth-order valence-electron chi connectivity index (χ4n) is 1.66. The topological polar surface area (TPSA) is 79.4 Å². The zero-order chi connectivity index (χ0) is 14.7. The van der Waals surface area contributed by atoms with Gasteiger partial charge in [-0.15, -0.1) is 0 Å². The Labute approximate surface area is 112 Å². The molecule has 1 aromatic heterocycles. The van der Waals surface area contributed by atoms with Crippen molar-refractivity contribution in [2.24, 2.45) is 0 Å². The maximum absolute atomic E-state index is 12.4. The summed E-state index contributed by atoms with van der Waals surface area (Å²) in [6, 6.07) is 6.02. The third kappa shape index (κ3) is 2.53. The number of nitrogen functional groups attached to an aromatic ring is 1. The van der Waals surface area contributed by atoms with Crippen LogP contribution in [0.25, 0.3) is 5.69 Å². The summed E-state index contributed by atoms with van der Waals surface area (Å²) >= 11 is 0. The number of anilines is 1. The minimum atomic E-state index is -2.97. The Hall–Kier alpha value is -2.64. The summed E-state index contributed by atoms with van der Waals surface area (Å²) in [6.45, 7) is -2.97. The molecule has 2 aromatic rings. The fourth-order valence-corrected chi connectivity index (χ4v) is 1.66. The van der Waals surface area contributed by atoms with E-state index in [1.165, 1.54) is 36.2 Å². The lowest BCUT2D eigenvalue weighted by molar-refractivity contribution is -0.0498. The minimum Gasteiger partial charge on any atom is -0.464 e. The third-order valence-electron chi connectivity index (χ3n) is 2.52. The molecule has 6 nitrogen and oxygen atoms in total. The SMILES string of the molecule is COC(=O)c1ncn(-c2ccccc2OC(F)F)c1N. The monoisotopic (exact) mass is 283 g/mol. The summed E-state index contributed by atoms with van der Waals surface area (Å²) in [7, 11) is 1.19. The van der Waals surface area contributed by atoms with Crippen LogP contribution in [-0.4, -0.2) is 29.2 Å². The van der Waals surface area contributed by atoms with E-state index in [-0.39, 0.29) is 22.9 Å². The van der Waals surface area contributed by atoms with Crippen LogP contribution in [0.2, 0.25) is 0 Å². The molecule has 8 heteroatoms. The maximum atomic E-state index is 12.4. The second-order valence-corrected chi connectivity index (χ2v) is 3.69. The van der Waals surface area contributed by atoms with E-state index >= 15 is 0 Å². The van der Waals surface area contributed by atoms with E-state index in [0.717, 1.165) is 0 Å². The number of hydrogen-bond donors (Lipinski definition) is 1. The molecule has 0 aliphatic carbocycles. The van der Waals surface area contributed by atoms with Gasteiger partial charge in [0.2, 0.25) is 0 Å². The highest BCUT2D eigenvalue weighted by atomic mass is 19.3. The quantitative estimate of drug-likeness (QED) is 0.866. The Morgan fingerprint density at radius 2 is 2.10 bits per heavy atom. The van der Waals surface area contributed by atoms with E-state index in [4.69, 9.17) is 5.73 Å². The summed E-state index contributed by atoms with van der Waals surface area (Å²) in [5, 5.41) is 0. The van der Waals surface area contributed by atoms with Gasteiger partial charge in [0.05, 0.1) is 12.8 Å². The van der Waals surface area contributed by atoms with Crippen LogP contribution in [0, 0.1) is 0 Å². The summed E-state index contributed by atoms with van der Waals surface area (Å²) in [4.78, 5) is 15.2. The molecule has 0 radical (unpaired) electrons. The number of nitrogens with two attached hydrogens (primary N) is 1. The van der Waals surface area contributed by atoms with E-state index in [1.54, 1.807) is 6.07 Å². The number of benzene rings is 1. The summed E-state index contributed by atoms with van der Waals surface area (Å²) in [5.74, 6) is -0.821. The first-order valence-corrected chi connectivity index (χ1v) is 5.50. The molecule has 2 rings (SSSR count). The standard InChI is InChI=1S/C12H11F2N3O3/c1-19-11(18)9-10(15)17(6-16-9)7-4-2-3-5-8(7)20-12(13)14/h2-6,12H,15H2,1H3. The zero-order valence-corrected chi connectivity index (χ0v) is 10.4. The van der Waals surface area contributed by atoms with Gasteiger partial charge in [-0.2, -0.15) is 8.78 Å². The molecule has 1 heterocycles. The van der Waals surface area contributed by atoms with E-state index in [1.807, 2.05) is 0 Å². The molecule has 0 unspecified atom stereocenters. The molecule has 0 atom stereocenters.